The summed E-state index contributed by atoms with van der Waals surface area (Å²) in [6.07, 6.45) is 0.639. The minimum absolute atomic E-state index is 0.179. The summed E-state index contributed by atoms with van der Waals surface area (Å²) < 4.78 is 13.0. The van der Waals surface area contributed by atoms with Gasteiger partial charge in [-0.05, 0) is 36.6 Å². The van der Waals surface area contributed by atoms with Crippen LogP contribution in [0.1, 0.15) is 36.2 Å². The van der Waals surface area contributed by atoms with E-state index in [-0.39, 0.29) is 11.5 Å². The molecule has 0 heterocycles. The van der Waals surface area contributed by atoms with Crippen molar-refractivity contribution in [2.75, 3.05) is 0 Å². The topological polar surface area (TPSA) is 66.4 Å². The van der Waals surface area contributed by atoms with Gasteiger partial charge in [-0.25, -0.2) is 9.18 Å². The predicted molar refractivity (Wildman–Crippen MR) is 69.5 cm³/mol. The number of nitrogens with one attached hydrogen (secondary N) is 1. The van der Waals surface area contributed by atoms with Gasteiger partial charge in [0.1, 0.15) is 11.9 Å². The zero-order valence-corrected chi connectivity index (χ0v) is 11.2. The largest absolute Gasteiger partial charge is 0.480 e. The first-order chi connectivity index (χ1) is 8.86. The van der Waals surface area contributed by atoms with Crippen LogP contribution >= 0.6 is 0 Å². The number of aliphatic carboxylic acids is 1. The molecule has 1 aromatic carbocycles. The van der Waals surface area contributed by atoms with E-state index in [1.54, 1.807) is 13.8 Å². The summed E-state index contributed by atoms with van der Waals surface area (Å²) in [5.74, 6) is -2.17. The Bertz CT molecular complexity index is 488. The maximum Gasteiger partial charge on any atom is 0.326 e. The van der Waals surface area contributed by atoms with Gasteiger partial charge in [-0.2, -0.15) is 0 Å². The molecule has 0 saturated heterocycles. The van der Waals surface area contributed by atoms with Gasteiger partial charge in [0, 0.05) is 5.56 Å². The lowest BCUT2D eigenvalue weighted by Crippen LogP contribution is -2.45. The van der Waals surface area contributed by atoms with Crippen molar-refractivity contribution in [3.63, 3.8) is 0 Å². The molecule has 2 atom stereocenters. The van der Waals surface area contributed by atoms with Crippen molar-refractivity contribution in [2.24, 2.45) is 5.92 Å². The number of hydrogen-bond donors (Lipinski definition) is 2. The smallest absolute Gasteiger partial charge is 0.326 e. The molecule has 4 nitrogen and oxygen atoms in total. The number of carbonyl (C=O) groups is 2. The molecule has 1 unspecified atom stereocenters. The van der Waals surface area contributed by atoms with Gasteiger partial charge in [-0.15, -0.1) is 0 Å². The normalized spacial score (nSPS) is 13.7. The fourth-order valence-corrected chi connectivity index (χ4v) is 1.78. The molecule has 0 radical (unpaired) electrons. The van der Waals surface area contributed by atoms with E-state index in [0.29, 0.717) is 12.0 Å². The van der Waals surface area contributed by atoms with E-state index in [1.807, 2.05) is 6.92 Å². The highest BCUT2D eigenvalue weighted by Gasteiger charge is 2.26. The van der Waals surface area contributed by atoms with Crippen LogP contribution in [0.25, 0.3) is 0 Å². The Labute approximate surface area is 111 Å². The summed E-state index contributed by atoms with van der Waals surface area (Å²) >= 11 is 0. The molecule has 0 aliphatic heterocycles. The van der Waals surface area contributed by atoms with E-state index in [4.69, 9.17) is 5.11 Å². The lowest BCUT2D eigenvalue weighted by Gasteiger charge is -2.20. The van der Waals surface area contributed by atoms with Crippen LogP contribution in [0.4, 0.5) is 4.39 Å². The van der Waals surface area contributed by atoms with Gasteiger partial charge in [0.05, 0.1) is 0 Å². The van der Waals surface area contributed by atoms with Crippen molar-refractivity contribution in [1.29, 1.82) is 0 Å². The summed E-state index contributed by atoms with van der Waals surface area (Å²) in [6, 6.07) is 2.84. The quantitative estimate of drug-likeness (QED) is 0.860. The second kappa shape index (κ2) is 6.31. The van der Waals surface area contributed by atoms with Crippen LogP contribution in [0.5, 0.6) is 0 Å². The first-order valence-corrected chi connectivity index (χ1v) is 6.16. The Hall–Kier alpha value is -1.91. The van der Waals surface area contributed by atoms with Crippen LogP contribution in [0, 0.1) is 18.7 Å². The molecule has 0 aromatic heterocycles. The Balaban J connectivity index is 2.91. The molecule has 1 aromatic rings. The third-order valence-corrected chi connectivity index (χ3v) is 3.20. The van der Waals surface area contributed by atoms with E-state index < -0.39 is 23.7 Å². The van der Waals surface area contributed by atoms with Crippen molar-refractivity contribution in [2.45, 2.75) is 33.2 Å². The van der Waals surface area contributed by atoms with E-state index in [0.717, 1.165) is 0 Å². The first kappa shape index (κ1) is 15.1. The summed E-state index contributed by atoms with van der Waals surface area (Å²) in [7, 11) is 0. The molecular formula is C14H18FNO3. The fraction of sp³-hybridized carbons (Fsp3) is 0.429. The average Bonchev–Trinajstić information content (AvgIpc) is 2.34. The number of halogens is 1. The van der Waals surface area contributed by atoms with Crippen LogP contribution in [0.3, 0.4) is 0 Å². The van der Waals surface area contributed by atoms with Gasteiger partial charge >= 0.3 is 5.97 Å². The highest BCUT2D eigenvalue weighted by atomic mass is 19.1. The second-order valence-electron chi connectivity index (χ2n) is 4.63. The average molecular weight is 267 g/mol. The molecule has 0 aliphatic carbocycles. The fourth-order valence-electron chi connectivity index (χ4n) is 1.78. The molecule has 5 heteroatoms. The summed E-state index contributed by atoms with van der Waals surface area (Å²) in [5.41, 5.74) is 0.766. The van der Waals surface area contributed by atoms with Gasteiger partial charge in [-0.1, -0.05) is 20.3 Å². The molecule has 0 spiro atoms. The van der Waals surface area contributed by atoms with Crippen LogP contribution in [-0.2, 0) is 4.79 Å². The highest BCUT2D eigenvalue weighted by molar-refractivity contribution is 5.97. The van der Waals surface area contributed by atoms with Gasteiger partial charge in [0.15, 0.2) is 0 Å². The molecule has 2 N–H and O–H groups in total. The Kier molecular flexibility index (Phi) is 5.03. The van der Waals surface area contributed by atoms with Crippen molar-refractivity contribution >= 4 is 11.9 Å². The van der Waals surface area contributed by atoms with Crippen molar-refractivity contribution in [3.05, 3.63) is 35.1 Å². The number of amides is 1. The Morgan fingerprint density at radius 1 is 1.42 bits per heavy atom. The Morgan fingerprint density at radius 3 is 2.53 bits per heavy atom. The number of carbonyl (C=O) groups excluding carboxylic acids is 1. The third-order valence-electron chi connectivity index (χ3n) is 3.20. The lowest BCUT2D eigenvalue weighted by molar-refractivity contribution is -0.140. The van der Waals surface area contributed by atoms with Gasteiger partial charge < -0.3 is 10.4 Å². The molecule has 104 valence electrons. The number of aryl methyl sites for hydroxylation is 1. The molecule has 0 bridgehead atoms. The molecule has 1 amide bonds. The van der Waals surface area contributed by atoms with Crippen LogP contribution in [0.2, 0.25) is 0 Å². The zero-order chi connectivity index (χ0) is 14.6. The standard InChI is InChI=1S/C14H18FNO3/c1-4-8(2)12(14(18)19)16-13(17)11-6-5-10(15)7-9(11)3/h5-8,12H,4H2,1-3H3,(H,16,17)(H,18,19)/t8?,12-/m0/s1. The number of benzene rings is 1. The number of carboxylic acids is 1. The number of hydrogen-bond acceptors (Lipinski definition) is 2. The van der Waals surface area contributed by atoms with E-state index in [1.165, 1.54) is 18.2 Å². The second-order valence-corrected chi connectivity index (χ2v) is 4.63. The van der Waals surface area contributed by atoms with Crippen molar-refractivity contribution in [3.8, 4) is 0 Å². The monoisotopic (exact) mass is 267 g/mol. The number of rotatable bonds is 5. The van der Waals surface area contributed by atoms with E-state index in [9.17, 15) is 14.0 Å². The predicted octanol–water partition coefficient (Wildman–Crippen LogP) is 2.36. The van der Waals surface area contributed by atoms with Crippen LogP contribution in [0.15, 0.2) is 18.2 Å². The highest BCUT2D eigenvalue weighted by Crippen LogP contribution is 2.13. The third kappa shape index (κ3) is 3.77. The van der Waals surface area contributed by atoms with Gasteiger partial charge in [0.2, 0.25) is 0 Å². The first-order valence-electron chi connectivity index (χ1n) is 6.16. The maximum atomic E-state index is 13.0. The summed E-state index contributed by atoms with van der Waals surface area (Å²) in [4.78, 5) is 23.1. The SMILES string of the molecule is CCC(C)[C@H](NC(=O)c1ccc(F)cc1C)C(=O)O. The van der Waals surface area contributed by atoms with Crippen LogP contribution in [-0.4, -0.2) is 23.0 Å². The molecule has 0 aliphatic rings. The lowest BCUT2D eigenvalue weighted by atomic mass is 9.98. The summed E-state index contributed by atoms with van der Waals surface area (Å²) in [5, 5.41) is 11.6. The zero-order valence-electron chi connectivity index (χ0n) is 11.2. The Morgan fingerprint density at radius 2 is 2.05 bits per heavy atom. The van der Waals surface area contributed by atoms with Gasteiger partial charge in [0.25, 0.3) is 5.91 Å². The molecule has 19 heavy (non-hydrogen) atoms. The van der Waals surface area contributed by atoms with E-state index in [2.05, 4.69) is 5.32 Å². The molecular weight excluding hydrogens is 249 g/mol. The van der Waals surface area contributed by atoms with E-state index >= 15 is 0 Å². The summed E-state index contributed by atoms with van der Waals surface area (Å²) in [6.45, 7) is 5.23. The number of carboxylic acid groups (broad SMARTS) is 1. The minimum atomic E-state index is -1.07. The van der Waals surface area contributed by atoms with Gasteiger partial charge in [-0.3, -0.25) is 4.79 Å². The maximum absolute atomic E-state index is 13.0. The molecule has 1 rings (SSSR count). The molecule has 0 saturated carbocycles. The minimum Gasteiger partial charge on any atom is -0.480 e. The van der Waals surface area contributed by atoms with Crippen molar-refractivity contribution in [1.82, 2.24) is 5.32 Å². The van der Waals surface area contributed by atoms with Crippen LogP contribution < -0.4 is 5.32 Å². The molecule has 0 fully saturated rings. The van der Waals surface area contributed by atoms with Crippen molar-refractivity contribution < 1.29 is 19.1 Å².